The fourth-order valence-corrected chi connectivity index (χ4v) is 6.99. The third-order valence-electron chi connectivity index (χ3n) is 5.42. The van der Waals surface area contributed by atoms with Crippen LogP contribution in [0.2, 0.25) is 0 Å². The molecule has 1 aliphatic heterocycles. The second-order valence-corrected chi connectivity index (χ2v) is 10.5. The van der Waals surface area contributed by atoms with Gasteiger partial charge >= 0.3 is 0 Å². The Hall–Kier alpha value is -2.61. The van der Waals surface area contributed by atoms with Crippen molar-refractivity contribution in [3.63, 3.8) is 0 Å². The molecule has 0 unspecified atom stereocenters. The van der Waals surface area contributed by atoms with Crippen molar-refractivity contribution in [1.82, 2.24) is 4.57 Å². The molecule has 1 aliphatic rings. The van der Waals surface area contributed by atoms with Crippen molar-refractivity contribution in [3.05, 3.63) is 84.2 Å². The van der Waals surface area contributed by atoms with Gasteiger partial charge in [-0.2, -0.15) is 4.57 Å². The number of aryl methyl sites for hydroxylation is 1. The molecule has 31 heavy (non-hydrogen) atoms. The summed E-state index contributed by atoms with van der Waals surface area (Å²) >= 11 is 5.03. The summed E-state index contributed by atoms with van der Waals surface area (Å²) in [6, 6.07) is 16.7. The van der Waals surface area contributed by atoms with Gasteiger partial charge in [-0.05, 0) is 37.3 Å². The molecule has 0 fully saturated rings. The topological polar surface area (TPSA) is 29.1 Å². The number of aromatic nitrogens is 2. The van der Waals surface area contributed by atoms with Crippen molar-refractivity contribution in [2.45, 2.75) is 18.4 Å². The van der Waals surface area contributed by atoms with Crippen LogP contribution in [-0.4, -0.2) is 11.6 Å². The molecule has 0 saturated heterocycles. The van der Waals surface area contributed by atoms with Gasteiger partial charge in [0.1, 0.15) is 16.4 Å². The van der Waals surface area contributed by atoms with Crippen LogP contribution in [0.4, 0.5) is 5.69 Å². The zero-order valence-corrected chi connectivity index (χ0v) is 20.0. The predicted molar refractivity (Wildman–Crippen MR) is 133 cm³/mol. The van der Waals surface area contributed by atoms with Crippen LogP contribution in [0.15, 0.2) is 69.3 Å². The number of hydrogen-bond donors (Lipinski definition) is 0. The summed E-state index contributed by atoms with van der Waals surface area (Å²) in [7, 11) is 4.15. The number of rotatable bonds is 3. The van der Waals surface area contributed by atoms with E-state index in [-0.39, 0.29) is 5.56 Å². The number of para-hydroxylation sites is 2. The molecule has 156 valence electrons. The Morgan fingerprint density at radius 3 is 2.58 bits per heavy atom. The van der Waals surface area contributed by atoms with Gasteiger partial charge in [0.15, 0.2) is 0 Å². The summed E-state index contributed by atoms with van der Waals surface area (Å²) < 4.78 is 7.04. The lowest BCUT2D eigenvalue weighted by molar-refractivity contribution is -0.642. The van der Waals surface area contributed by atoms with Crippen LogP contribution in [0.5, 0.6) is 0 Å². The van der Waals surface area contributed by atoms with Crippen LogP contribution in [0, 0.1) is 0 Å². The third-order valence-corrected chi connectivity index (χ3v) is 8.85. The molecular weight excluding hydrogens is 442 g/mol. The Morgan fingerprint density at radius 1 is 1.03 bits per heavy atom. The van der Waals surface area contributed by atoms with Crippen molar-refractivity contribution in [2.75, 3.05) is 11.9 Å². The van der Waals surface area contributed by atoms with Gasteiger partial charge in [0.2, 0.25) is 5.52 Å². The quantitative estimate of drug-likeness (QED) is 0.434. The summed E-state index contributed by atoms with van der Waals surface area (Å²) in [6.07, 6.45) is 6.16. The normalized spacial score (nSPS) is 16.1. The van der Waals surface area contributed by atoms with E-state index in [4.69, 9.17) is 0 Å². The molecule has 2 aromatic carbocycles. The molecule has 0 N–H and O–H groups in total. The smallest absolute Gasteiger partial charge is 0.269 e. The van der Waals surface area contributed by atoms with Crippen LogP contribution >= 0.6 is 34.4 Å². The van der Waals surface area contributed by atoms with E-state index in [9.17, 15) is 4.79 Å². The van der Waals surface area contributed by atoms with E-state index in [0.717, 1.165) is 19.2 Å². The average Bonchev–Trinajstić information content (AvgIpc) is 3.39. The van der Waals surface area contributed by atoms with Crippen molar-refractivity contribution in [3.8, 4) is 0 Å². The van der Waals surface area contributed by atoms with E-state index >= 15 is 0 Å². The fraction of sp³-hybridized carbons (Fsp3) is 0.167. The lowest BCUT2D eigenvalue weighted by Gasteiger charge is -2.12. The minimum Gasteiger partial charge on any atom is -0.338 e. The van der Waals surface area contributed by atoms with Crippen molar-refractivity contribution in [1.29, 1.82) is 0 Å². The number of fused-ring (bicyclic) bond motifs is 2. The van der Waals surface area contributed by atoms with Gasteiger partial charge in [-0.25, -0.2) is 0 Å². The highest BCUT2D eigenvalue weighted by atomic mass is 32.2. The standard InChI is InChI=1S/C24H22N3OS3/c1-4-27-23(15-22-26(3)17-10-6-8-12-19(17)30-22)31-20(24(27)28)13-14-21-25(2)16-9-5-7-11-18(16)29-21/h5-15H,4H2,1-3H3/q+1. The van der Waals surface area contributed by atoms with Gasteiger partial charge in [0.25, 0.3) is 10.6 Å². The molecule has 0 amide bonds. The first-order valence-electron chi connectivity index (χ1n) is 10.1. The molecule has 0 bridgehead atoms. The maximum absolute atomic E-state index is 13.0. The van der Waals surface area contributed by atoms with Crippen LogP contribution in [-0.2, 0) is 13.6 Å². The highest BCUT2D eigenvalue weighted by molar-refractivity contribution is 8.03. The van der Waals surface area contributed by atoms with Crippen LogP contribution in [0.3, 0.4) is 0 Å². The number of hydrogen-bond acceptors (Lipinski definition) is 5. The summed E-state index contributed by atoms with van der Waals surface area (Å²) in [6.45, 7) is 2.68. The van der Waals surface area contributed by atoms with Crippen molar-refractivity contribution >= 4 is 62.5 Å². The Kier molecular flexibility index (Phi) is 5.33. The van der Waals surface area contributed by atoms with E-state index < -0.39 is 0 Å². The van der Waals surface area contributed by atoms with E-state index in [0.29, 0.717) is 6.54 Å². The molecule has 0 saturated carbocycles. The first-order valence-corrected chi connectivity index (χ1v) is 12.5. The Labute approximate surface area is 192 Å². The number of thioether (sulfide) groups is 1. The van der Waals surface area contributed by atoms with E-state index in [1.807, 2.05) is 17.6 Å². The summed E-state index contributed by atoms with van der Waals surface area (Å²) in [4.78, 5) is 16.5. The SMILES string of the molecule is CCn1c(=Cc2sc3ccccc3[n+]2C)sc(=CC=C2Sc3ccccc3N2C)c1=O. The lowest BCUT2D eigenvalue weighted by Crippen LogP contribution is -2.32. The molecule has 0 spiro atoms. The van der Waals surface area contributed by atoms with Gasteiger partial charge in [-0.1, -0.05) is 47.4 Å². The molecule has 5 rings (SSSR count). The zero-order chi connectivity index (χ0) is 21.5. The summed E-state index contributed by atoms with van der Waals surface area (Å²) in [5, 5.41) is 2.26. The molecule has 4 nitrogen and oxygen atoms in total. The minimum atomic E-state index is 0.0718. The number of nitrogens with zero attached hydrogens (tertiary/aromatic N) is 3. The molecule has 0 atom stereocenters. The van der Waals surface area contributed by atoms with E-state index in [1.165, 1.54) is 20.8 Å². The summed E-state index contributed by atoms with van der Waals surface area (Å²) in [5.74, 6) is 0. The molecule has 4 aromatic rings. The zero-order valence-electron chi connectivity index (χ0n) is 17.5. The third kappa shape index (κ3) is 3.56. The maximum Gasteiger partial charge on any atom is 0.269 e. The van der Waals surface area contributed by atoms with Gasteiger partial charge in [0.05, 0.1) is 21.3 Å². The molecule has 3 heterocycles. The van der Waals surface area contributed by atoms with Crippen molar-refractivity contribution < 1.29 is 4.57 Å². The van der Waals surface area contributed by atoms with E-state index in [1.54, 1.807) is 34.4 Å². The first kappa shape index (κ1) is 20.3. The average molecular weight is 465 g/mol. The number of thiazole rings is 2. The molecule has 0 radical (unpaired) electrons. The Morgan fingerprint density at radius 2 is 1.81 bits per heavy atom. The monoisotopic (exact) mass is 464 g/mol. The fourth-order valence-electron chi connectivity index (χ4n) is 3.72. The Balaban J connectivity index is 1.59. The second kappa shape index (κ2) is 8.15. The van der Waals surface area contributed by atoms with Gasteiger partial charge in [-0.3, -0.25) is 9.36 Å². The second-order valence-electron chi connectivity index (χ2n) is 7.27. The van der Waals surface area contributed by atoms with Crippen LogP contribution in [0.25, 0.3) is 22.4 Å². The van der Waals surface area contributed by atoms with Gasteiger partial charge < -0.3 is 4.90 Å². The van der Waals surface area contributed by atoms with Gasteiger partial charge in [0, 0.05) is 24.6 Å². The lowest BCUT2D eigenvalue weighted by atomic mass is 10.3. The number of anilines is 1. The molecule has 0 aliphatic carbocycles. The first-order chi connectivity index (χ1) is 15.1. The summed E-state index contributed by atoms with van der Waals surface area (Å²) in [5.41, 5.74) is 2.48. The number of allylic oxidation sites excluding steroid dienone is 1. The minimum absolute atomic E-state index is 0.0718. The van der Waals surface area contributed by atoms with Crippen LogP contribution < -0.4 is 24.2 Å². The van der Waals surface area contributed by atoms with Gasteiger partial charge in [-0.15, -0.1) is 11.3 Å². The molecule has 2 aromatic heterocycles. The van der Waals surface area contributed by atoms with Crippen LogP contribution in [0.1, 0.15) is 11.9 Å². The molecular formula is C24H22N3OS3+. The highest BCUT2D eigenvalue weighted by Crippen LogP contribution is 2.44. The molecule has 7 heteroatoms. The van der Waals surface area contributed by atoms with E-state index in [2.05, 4.69) is 84.2 Å². The highest BCUT2D eigenvalue weighted by Gasteiger charge is 2.20. The maximum atomic E-state index is 13.0. The predicted octanol–water partition coefficient (Wildman–Crippen LogP) is 3.66. The number of benzene rings is 2. The van der Waals surface area contributed by atoms with Crippen molar-refractivity contribution in [2.24, 2.45) is 7.05 Å². The largest absolute Gasteiger partial charge is 0.338 e. The Bertz CT molecular complexity index is 1510.